The molecule has 1 heterocycles. The number of ether oxygens (including phenoxy) is 1. The first-order chi connectivity index (χ1) is 16.3. The van der Waals surface area contributed by atoms with Gasteiger partial charge in [0.05, 0.1) is 17.9 Å². The molecule has 1 aromatic rings. The number of unbranched alkanes of at least 4 members (excludes halogenated alkanes) is 1. The normalized spacial score (nSPS) is 33.0. The number of allylic oxidation sites excluding steroid dienone is 2. The fourth-order valence-corrected chi connectivity index (χ4v) is 7.92. The summed E-state index contributed by atoms with van der Waals surface area (Å²) in [6.07, 6.45) is 11.1. The fraction of sp³-hybridized carbons (Fsp3) is 0.630. The highest BCUT2D eigenvalue weighted by atomic mass is 19.1. The summed E-state index contributed by atoms with van der Waals surface area (Å²) in [5.41, 5.74) is 10.7. The molecule has 3 fully saturated rings. The zero-order chi connectivity index (χ0) is 24.1. The van der Waals surface area contributed by atoms with Crippen molar-refractivity contribution in [1.29, 1.82) is 0 Å². The van der Waals surface area contributed by atoms with Crippen LogP contribution in [0, 0.1) is 33.9 Å². The van der Waals surface area contributed by atoms with Gasteiger partial charge >= 0.3 is 0 Å². The van der Waals surface area contributed by atoms with Crippen LogP contribution >= 0.6 is 0 Å². The molecule has 0 aromatic heterocycles. The van der Waals surface area contributed by atoms with Gasteiger partial charge in [-0.15, -0.1) is 0 Å². The molecule has 5 rings (SSSR count). The van der Waals surface area contributed by atoms with E-state index in [9.17, 15) is 14.0 Å². The number of carbonyl (C=O) groups is 2. The van der Waals surface area contributed by atoms with E-state index in [1.54, 1.807) is 12.1 Å². The number of hydrogen-bond donors (Lipinski definition) is 2. The Bertz CT molecular complexity index is 1020. The number of primary amides is 2. The van der Waals surface area contributed by atoms with Gasteiger partial charge in [-0.25, -0.2) is 4.39 Å². The minimum Gasteiger partial charge on any atom is -0.494 e. The summed E-state index contributed by atoms with van der Waals surface area (Å²) in [6, 6.07) is 4.73. The van der Waals surface area contributed by atoms with Crippen molar-refractivity contribution in [3.63, 3.8) is 0 Å². The molecule has 0 unspecified atom stereocenters. The lowest BCUT2D eigenvalue weighted by molar-refractivity contribution is -0.151. The molecule has 4 atom stereocenters. The first-order valence-electron chi connectivity index (χ1n) is 12.6. The molecule has 4 N–H and O–H groups in total. The summed E-state index contributed by atoms with van der Waals surface area (Å²) in [5, 5.41) is 0. The Morgan fingerprint density at radius 1 is 1.06 bits per heavy atom. The minimum absolute atomic E-state index is 0.0927. The third kappa shape index (κ3) is 3.15. The van der Waals surface area contributed by atoms with Crippen LogP contribution in [0.3, 0.4) is 0 Å². The zero-order valence-electron chi connectivity index (χ0n) is 20.0. The van der Waals surface area contributed by atoms with Gasteiger partial charge < -0.3 is 21.1 Å². The Hall–Kier alpha value is -2.41. The molecule has 0 radical (unpaired) electrons. The van der Waals surface area contributed by atoms with Crippen molar-refractivity contribution in [3.05, 3.63) is 41.7 Å². The zero-order valence-corrected chi connectivity index (χ0v) is 20.0. The van der Waals surface area contributed by atoms with Crippen LogP contribution in [0.4, 0.5) is 4.39 Å². The molecule has 2 bridgehead atoms. The van der Waals surface area contributed by atoms with Gasteiger partial charge in [-0.1, -0.05) is 24.6 Å². The Morgan fingerprint density at radius 3 is 2.26 bits per heavy atom. The molecule has 34 heavy (non-hydrogen) atoms. The van der Waals surface area contributed by atoms with Crippen LogP contribution in [0.2, 0.25) is 0 Å². The summed E-state index contributed by atoms with van der Waals surface area (Å²) in [6.45, 7) is 3.26. The van der Waals surface area contributed by atoms with Gasteiger partial charge in [0.15, 0.2) is 11.6 Å². The molecule has 6 nitrogen and oxygen atoms in total. The summed E-state index contributed by atoms with van der Waals surface area (Å²) in [4.78, 5) is 29.4. The van der Waals surface area contributed by atoms with Gasteiger partial charge in [0.25, 0.3) is 0 Å². The van der Waals surface area contributed by atoms with E-state index >= 15 is 0 Å². The first kappa shape index (κ1) is 23.3. The van der Waals surface area contributed by atoms with Crippen molar-refractivity contribution in [2.75, 3.05) is 26.7 Å². The summed E-state index contributed by atoms with van der Waals surface area (Å²) in [5.74, 6) is -1.53. The van der Waals surface area contributed by atoms with Gasteiger partial charge in [0.2, 0.25) is 11.8 Å². The van der Waals surface area contributed by atoms with E-state index in [4.69, 9.17) is 16.2 Å². The van der Waals surface area contributed by atoms with E-state index in [1.165, 1.54) is 26.0 Å². The van der Waals surface area contributed by atoms with Crippen LogP contribution in [0.1, 0.15) is 50.5 Å². The van der Waals surface area contributed by atoms with Crippen molar-refractivity contribution in [2.24, 2.45) is 39.5 Å². The fourth-order valence-electron chi connectivity index (χ4n) is 7.92. The van der Waals surface area contributed by atoms with E-state index in [-0.39, 0.29) is 29.4 Å². The number of methoxy groups -OCH3 is 1. The lowest BCUT2D eigenvalue weighted by Gasteiger charge is -2.48. The van der Waals surface area contributed by atoms with Crippen LogP contribution in [-0.2, 0) is 16.0 Å². The molecule has 1 saturated heterocycles. The first-order valence-corrected chi connectivity index (χ1v) is 12.6. The average molecular weight is 470 g/mol. The molecule has 1 aromatic carbocycles. The molecule has 1 aliphatic heterocycles. The SMILES string of the molecule is COc1ccc(C[C@@]2(C(N)=O)[C@H]3C=C[C@H](C34CC4)[C@@]2(CCCCN2CCCC2)C(N)=O)cc1F. The highest BCUT2D eigenvalue weighted by molar-refractivity contribution is 5.95. The van der Waals surface area contributed by atoms with Crippen molar-refractivity contribution in [1.82, 2.24) is 4.90 Å². The third-order valence-corrected chi connectivity index (χ3v) is 9.49. The standard InChI is InChI=1S/C27H36FN3O3/c1-34-20-7-6-18(16-19(20)28)17-27(24(30)33)22-9-8-21(25(22)11-12-25)26(27,23(29)32)10-2-3-13-31-14-4-5-15-31/h6-9,16,21-22H,2-5,10-15,17H2,1H3,(H2,29,32)(H2,30,33)/t21-,22+,26+,27+/m1/s1. The van der Waals surface area contributed by atoms with Crippen molar-refractivity contribution in [3.8, 4) is 5.75 Å². The largest absolute Gasteiger partial charge is 0.494 e. The second-order valence-corrected chi connectivity index (χ2v) is 10.9. The van der Waals surface area contributed by atoms with Gasteiger partial charge in [0, 0.05) is 0 Å². The molecule has 2 saturated carbocycles. The van der Waals surface area contributed by atoms with Gasteiger partial charge in [-0.05, 0) is 99.5 Å². The lowest BCUT2D eigenvalue weighted by Crippen LogP contribution is -2.60. The number of likely N-dealkylation sites (tertiary alicyclic amines) is 1. The molecule has 3 aliphatic carbocycles. The average Bonchev–Trinajstić information content (AvgIpc) is 3.17. The van der Waals surface area contributed by atoms with Crippen molar-refractivity contribution >= 4 is 11.8 Å². The summed E-state index contributed by atoms with van der Waals surface area (Å²) < 4.78 is 19.7. The number of amides is 2. The smallest absolute Gasteiger partial charge is 0.225 e. The maximum atomic E-state index is 14.6. The van der Waals surface area contributed by atoms with E-state index in [1.807, 2.05) is 0 Å². The van der Waals surface area contributed by atoms with Crippen LogP contribution < -0.4 is 16.2 Å². The van der Waals surface area contributed by atoms with Crippen LogP contribution in [-0.4, -0.2) is 43.5 Å². The van der Waals surface area contributed by atoms with Crippen molar-refractivity contribution in [2.45, 2.75) is 51.4 Å². The van der Waals surface area contributed by atoms with E-state index in [0.29, 0.717) is 12.0 Å². The third-order valence-electron chi connectivity index (χ3n) is 9.49. The number of carbonyl (C=O) groups excluding carboxylic acids is 2. The molecule has 184 valence electrons. The molecule has 2 amide bonds. The Balaban J connectivity index is 1.51. The van der Waals surface area contributed by atoms with E-state index in [0.717, 1.165) is 45.3 Å². The quantitative estimate of drug-likeness (QED) is 0.406. The molecule has 7 heteroatoms. The molecule has 4 aliphatic rings. The van der Waals surface area contributed by atoms with Crippen LogP contribution in [0.5, 0.6) is 5.75 Å². The summed E-state index contributed by atoms with van der Waals surface area (Å²) >= 11 is 0. The number of rotatable bonds is 10. The maximum Gasteiger partial charge on any atom is 0.225 e. The second-order valence-electron chi connectivity index (χ2n) is 10.9. The molecular weight excluding hydrogens is 433 g/mol. The van der Waals surface area contributed by atoms with Gasteiger partial charge in [-0.2, -0.15) is 0 Å². The number of nitrogens with zero attached hydrogens (tertiary/aromatic N) is 1. The minimum atomic E-state index is -1.16. The number of hydrogen-bond acceptors (Lipinski definition) is 4. The van der Waals surface area contributed by atoms with Gasteiger partial charge in [-0.3, -0.25) is 9.59 Å². The Labute approximate surface area is 200 Å². The van der Waals surface area contributed by atoms with Gasteiger partial charge in [0.1, 0.15) is 0 Å². The monoisotopic (exact) mass is 469 g/mol. The summed E-state index contributed by atoms with van der Waals surface area (Å²) in [7, 11) is 1.42. The number of halogens is 1. The second kappa shape index (κ2) is 8.36. The topological polar surface area (TPSA) is 98.7 Å². The van der Waals surface area contributed by atoms with Crippen LogP contribution in [0.15, 0.2) is 30.4 Å². The highest BCUT2D eigenvalue weighted by Gasteiger charge is 2.81. The predicted octanol–water partition coefficient (Wildman–Crippen LogP) is 3.18. The van der Waals surface area contributed by atoms with E-state index < -0.39 is 28.5 Å². The van der Waals surface area contributed by atoms with Crippen molar-refractivity contribution < 1.29 is 18.7 Å². The number of benzene rings is 1. The Kier molecular flexibility index (Phi) is 5.74. The molecule has 1 spiro atoms. The van der Waals surface area contributed by atoms with E-state index in [2.05, 4.69) is 17.1 Å². The number of nitrogens with two attached hydrogens (primary N) is 2. The predicted molar refractivity (Wildman–Crippen MR) is 127 cm³/mol. The highest BCUT2D eigenvalue weighted by Crippen LogP contribution is 2.81. The lowest BCUT2D eigenvalue weighted by atomic mass is 9.53. The maximum absolute atomic E-state index is 14.6. The van der Waals surface area contributed by atoms with Crippen LogP contribution in [0.25, 0.3) is 0 Å². The Morgan fingerprint density at radius 2 is 1.71 bits per heavy atom. The molecular formula is C27H36FN3O3.